The molecule has 0 aromatic heterocycles. The van der Waals surface area contributed by atoms with Crippen molar-refractivity contribution in [3.8, 4) is 11.5 Å². The zero-order valence-corrected chi connectivity index (χ0v) is 18.6. The van der Waals surface area contributed by atoms with E-state index in [9.17, 15) is 0 Å². The van der Waals surface area contributed by atoms with Crippen LogP contribution in [0, 0.1) is 5.41 Å². The monoisotopic (exact) mass is 379 g/mol. The fraction of sp³-hybridized carbons (Fsp3) is 0.739. The summed E-state index contributed by atoms with van der Waals surface area (Å²) >= 11 is 0. The van der Waals surface area contributed by atoms with Gasteiger partial charge in [-0.1, -0.05) is 39.8 Å². The van der Waals surface area contributed by atoms with Crippen LogP contribution in [0.15, 0.2) is 24.3 Å². The molecule has 1 aromatic carbocycles. The Labute approximate surface area is 167 Å². The Bertz CT molecular complexity index is 499. The molecule has 0 bridgehead atoms. The number of ether oxygens (including phenoxy) is 3. The van der Waals surface area contributed by atoms with Crippen molar-refractivity contribution in [1.82, 2.24) is 4.90 Å². The molecule has 1 aliphatic heterocycles. The molecule has 2 aliphatic rings. The number of likely N-dealkylation sites (tertiary alicyclic amines) is 1. The van der Waals surface area contributed by atoms with E-state index < -0.39 is 0 Å². The van der Waals surface area contributed by atoms with Crippen molar-refractivity contribution in [2.45, 2.75) is 71.9 Å². The van der Waals surface area contributed by atoms with Crippen LogP contribution in [0.2, 0.25) is 0 Å². The molecule has 1 heterocycles. The molecule has 0 amide bonds. The van der Waals surface area contributed by atoms with Crippen molar-refractivity contribution in [3.63, 3.8) is 0 Å². The maximum atomic E-state index is 5.91. The minimum Gasteiger partial charge on any atom is -0.493 e. The lowest BCUT2D eigenvalue weighted by Gasteiger charge is -2.41. The van der Waals surface area contributed by atoms with Crippen LogP contribution in [0.25, 0.3) is 0 Å². The zero-order valence-electron chi connectivity index (χ0n) is 18.6. The molecular formula is C23H41NO3. The van der Waals surface area contributed by atoms with Crippen LogP contribution in [0.1, 0.15) is 59.8 Å². The van der Waals surface area contributed by atoms with Crippen LogP contribution in [-0.2, 0) is 4.74 Å². The summed E-state index contributed by atoms with van der Waals surface area (Å²) in [6.45, 7) is 10.9. The van der Waals surface area contributed by atoms with Gasteiger partial charge in [0, 0.05) is 12.6 Å². The highest BCUT2D eigenvalue weighted by Crippen LogP contribution is 2.46. The number of hydrogen-bond acceptors (Lipinski definition) is 4. The largest absolute Gasteiger partial charge is 0.493 e. The highest BCUT2D eigenvalue weighted by Gasteiger charge is 2.46. The van der Waals surface area contributed by atoms with Gasteiger partial charge in [-0.05, 0) is 63.2 Å². The van der Waals surface area contributed by atoms with E-state index in [-0.39, 0.29) is 0 Å². The summed E-state index contributed by atoms with van der Waals surface area (Å²) in [7, 11) is 5.52. The Kier molecular flexibility index (Phi) is 10.8. The lowest BCUT2D eigenvalue weighted by molar-refractivity contribution is -0.0211. The second-order valence-corrected chi connectivity index (χ2v) is 7.52. The first kappa shape index (κ1) is 23.8. The van der Waals surface area contributed by atoms with Gasteiger partial charge in [0.15, 0.2) is 11.5 Å². The van der Waals surface area contributed by atoms with Gasteiger partial charge in [0.25, 0.3) is 0 Å². The zero-order chi connectivity index (χ0) is 20.3. The van der Waals surface area contributed by atoms with Crippen LogP contribution in [-0.4, -0.2) is 51.5 Å². The van der Waals surface area contributed by atoms with Gasteiger partial charge in [-0.15, -0.1) is 0 Å². The number of fused-ring (bicyclic) bond motifs is 1. The van der Waals surface area contributed by atoms with Crippen molar-refractivity contribution in [3.05, 3.63) is 24.3 Å². The van der Waals surface area contributed by atoms with Crippen LogP contribution in [0.3, 0.4) is 0 Å². The first-order valence-corrected chi connectivity index (χ1v) is 10.5. The third-order valence-corrected chi connectivity index (χ3v) is 5.74. The fourth-order valence-corrected chi connectivity index (χ4v) is 4.12. The maximum absolute atomic E-state index is 5.91. The predicted octanol–water partition coefficient (Wildman–Crippen LogP) is 5.41. The van der Waals surface area contributed by atoms with Crippen molar-refractivity contribution in [1.29, 1.82) is 0 Å². The Morgan fingerprint density at radius 3 is 2.19 bits per heavy atom. The van der Waals surface area contributed by atoms with Crippen LogP contribution in [0.4, 0.5) is 0 Å². The molecule has 4 nitrogen and oxygen atoms in total. The van der Waals surface area contributed by atoms with Crippen LogP contribution < -0.4 is 9.47 Å². The SMILES string of the molecule is CC.CCCOC1CC[C@@]2(C)CCN(C)C2C1.COc1ccccc1OC. The third kappa shape index (κ3) is 6.69. The molecule has 1 aromatic rings. The highest BCUT2D eigenvalue weighted by atomic mass is 16.5. The van der Waals surface area contributed by atoms with Gasteiger partial charge in [-0.25, -0.2) is 0 Å². The second-order valence-electron chi connectivity index (χ2n) is 7.52. The molecule has 0 spiro atoms. The molecule has 0 radical (unpaired) electrons. The number of methoxy groups -OCH3 is 2. The highest BCUT2D eigenvalue weighted by molar-refractivity contribution is 5.39. The summed E-state index contributed by atoms with van der Waals surface area (Å²) in [5.41, 5.74) is 0.584. The summed E-state index contributed by atoms with van der Waals surface area (Å²) in [5.74, 6) is 1.54. The first-order valence-electron chi connectivity index (χ1n) is 10.5. The summed E-state index contributed by atoms with van der Waals surface area (Å²) < 4.78 is 15.9. The minimum absolute atomic E-state index is 0.531. The number of para-hydroxylation sites is 2. The second kappa shape index (κ2) is 12.2. The van der Waals surface area contributed by atoms with Gasteiger partial charge < -0.3 is 19.1 Å². The van der Waals surface area contributed by atoms with E-state index in [4.69, 9.17) is 14.2 Å². The summed E-state index contributed by atoms with van der Waals surface area (Å²) in [5, 5.41) is 0. The van der Waals surface area contributed by atoms with Gasteiger partial charge in [0.1, 0.15) is 0 Å². The van der Waals surface area contributed by atoms with Gasteiger partial charge >= 0.3 is 0 Å². The fourth-order valence-electron chi connectivity index (χ4n) is 4.12. The molecule has 2 fully saturated rings. The first-order chi connectivity index (χ1) is 13.0. The molecule has 1 aliphatic carbocycles. The van der Waals surface area contributed by atoms with Crippen LogP contribution in [0.5, 0.6) is 11.5 Å². The van der Waals surface area contributed by atoms with Crippen molar-refractivity contribution >= 4 is 0 Å². The van der Waals surface area contributed by atoms with Gasteiger partial charge in [0.2, 0.25) is 0 Å². The normalized spacial score (nSPS) is 26.8. The topological polar surface area (TPSA) is 30.9 Å². The average Bonchev–Trinajstić information content (AvgIpc) is 3.02. The molecule has 4 heteroatoms. The molecule has 0 N–H and O–H groups in total. The van der Waals surface area contributed by atoms with Crippen molar-refractivity contribution < 1.29 is 14.2 Å². The minimum atomic E-state index is 0.531. The van der Waals surface area contributed by atoms with E-state index in [2.05, 4.69) is 25.8 Å². The number of rotatable bonds is 5. The Hall–Kier alpha value is -1.26. The van der Waals surface area contributed by atoms with E-state index in [0.717, 1.165) is 30.6 Å². The molecule has 1 saturated heterocycles. The van der Waals surface area contributed by atoms with Crippen LogP contribution >= 0.6 is 0 Å². The molecule has 3 atom stereocenters. The summed E-state index contributed by atoms with van der Waals surface area (Å²) in [6.07, 6.45) is 6.95. The average molecular weight is 380 g/mol. The van der Waals surface area contributed by atoms with Crippen molar-refractivity contribution in [2.24, 2.45) is 5.41 Å². The molecule has 27 heavy (non-hydrogen) atoms. The molecule has 3 rings (SSSR count). The summed E-state index contributed by atoms with van der Waals surface area (Å²) in [6, 6.07) is 8.30. The van der Waals surface area contributed by atoms with E-state index in [1.807, 2.05) is 38.1 Å². The predicted molar refractivity (Wildman–Crippen MR) is 114 cm³/mol. The van der Waals surface area contributed by atoms with E-state index >= 15 is 0 Å². The molecule has 1 saturated carbocycles. The lowest BCUT2D eigenvalue weighted by Crippen LogP contribution is -2.43. The quantitative estimate of drug-likeness (QED) is 0.685. The number of hydrogen-bond donors (Lipinski definition) is 0. The van der Waals surface area contributed by atoms with E-state index in [0.29, 0.717) is 11.5 Å². The number of benzene rings is 1. The lowest BCUT2D eigenvalue weighted by atomic mass is 9.71. The van der Waals surface area contributed by atoms with E-state index in [1.165, 1.54) is 32.2 Å². The molecule has 2 unspecified atom stereocenters. The summed E-state index contributed by atoms with van der Waals surface area (Å²) in [4.78, 5) is 2.54. The third-order valence-electron chi connectivity index (χ3n) is 5.74. The Morgan fingerprint density at radius 1 is 1.07 bits per heavy atom. The van der Waals surface area contributed by atoms with Gasteiger partial charge in [-0.3, -0.25) is 0 Å². The van der Waals surface area contributed by atoms with E-state index in [1.54, 1.807) is 14.2 Å². The van der Waals surface area contributed by atoms with Gasteiger partial charge in [0.05, 0.1) is 20.3 Å². The van der Waals surface area contributed by atoms with Gasteiger partial charge in [-0.2, -0.15) is 0 Å². The molecular weight excluding hydrogens is 338 g/mol. The maximum Gasteiger partial charge on any atom is 0.160 e. The Morgan fingerprint density at radius 2 is 1.67 bits per heavy atom. The standard InChI is InChI=1S/C13H25NO.C8H10O2.C2H6/c1-4-9-15-11-5-6-13(2)7-8-14(3)12(13)10-11;1-9-7-5-3-4-6-8(7)10-2;1-2/h11-12H,4-10H2,1-3H3;3-6H,1-2H3;1-2H3/t11?,12?,13-;;/m0../s1. The smallest absolute Gasteiger partial charge is 0.160 e. The molecule has 156 valence electrons. The van der Waals surface area contributed by atoms with Crippen molar-refractivity contribution in [2.75, 3.05) is 34.4 Å². The Balaban J connectivity index is 0.000000265. The number of nitrogens with zero attached hydrogens (tertiary/aromatic N) is 1.